The molecule has 0 radical (unpaired) electrons. The Morgan fingerprint density at radius 2 is 2.11 bits per heavy atom. The molecule has 5 nitrogen and oxygen atoms in total. The minimum atomic E-state index is -4.30. The van der Waals surface area contributed by atoms with E-state index in [0.29, 0.717) is 0 Å². The smallest absolute Gasteiger partial charge is 0.382 e. The molecule has 0 fully saturated rings. The standard InChI is InChI=1S/C7H10F3N3O2S3/c1-18(14,15)4-5(11)13-17-6(4)12-2-3-16-7(8,9)10/h12H,2-3H2,1H3,(H2,11,13). The molecule has 0 amide bonds. The van der Waals surface area contributed by atoms with E-state index in [2.05, 4.69) is 9.69 Å². The zero-order valence-corrected chi connectivity index (χ0v) is 11.6. The lowest BCUT2D eigenvalue weighted by Crippen LogP contribution is -2.11. The molecular formula is C7H10F3N3O2S3. The Morgan fingerprint density at radius 3 is 2.61 bits per heavy atom. The van der Waals surface area contributed by atoms with E-state index in [4.69, 9.17) is 5.73 Å². The Bertz CT molecular complexity index is 512. The number of rotatable bonds is 5. The average Bonchev–Trinajstić information content (AvgIpc) is 2.52. The van der Waals surface area contributed by atoms with Gasteiger partial charge in [-0.05, 0) is 23.3 Å². The maximum Gasteiger partial charge on any atom is 0.441 e. The van der Waals surface area contributed by atoms with Gasteiger partial charge in [-0.15, -0.1) is 0 Å². The van der Waals surface area contributed by atoms with Crippen molar-refractivity contribution in [2.75, 3.05) is 29.6 Å². The zero-order valence-electron chi connectivity index (χ0n) is 9.11. The summed E-state index contributed by atoms with van der Waals surface area (Å²) in [6.45, 7) is -0.0334. The Kier molecular flexibility index (Phi) is 4.72. The second-order valence-corrected chi connectivity index (χ2v) is 7.11. The maximum atomic E-state index is 11.9. The van der Waals surface area contributed by atoms with Crippen LogP contribution in [-0.2, 0) is 9.84 Å². The van der Waals surface area contributed by atoms with E-state index < -0.39 is 15.3 Å². The topological polar surface area (TPSA) is 85.1 Å². The normalized spacial score (nSPS) is 12.7. The van der Waals surface area contributed by atoms with Crippen LogP contribution in [0.25, 0.3) is 0 Å². The van der Waals surface area contributed by atoms with Crippen molar-refractivity contribution in [2.24, 2.45) is 0 Å². The summed E-state index contributed by atoms with van der Waals surface area (Å²) < 4.78 is 62.0. The van der Waals surface area contributed by atoms with Gasteiger partial charge in [0.25, 0.3) is 0 Å². The molecule has 104 valence electrons. The Labute approximate surface area is 110 Å². The third-order valence-corrected chi connectivity index (χ3v) is 4.54. The molecule has 0 unspecified atom stereocenters. The molecule has 0 aliphatic rings. The molecule has 0 saturated carbocycles. The SMILES string of the molecule is CS(=O)(=O)c1c(N)nsc1NCCSC(F)(F)F. The van der Waals surface area contributed by atoms with E-state index >= 15 is 0 Å². The van der Waals surface area contributed by atoms with Crippen LogP contribution >= 0.6 is 23.3 Å². The second-order valence-electron chi connectivity index (χ2n) is 3.22. The predicted octanol–water partition coefficient (Wildman–Crippen LogP) is 1.79. The van der Waals surface area contributed by atoms with Crippen LogP contribution in [0, 0.1) is 0 Å². The Morgan fingerprint density at radius 1 is 1.50 bits per heavy atom. The first kappa shape index (κ1) is 15.4. The summed E-state index contributed by atoms with van der Waals surface area (Å²) in [6, 6.07) is 0. The number of halogens is 3. The summed E-state index contributed by atoms with van der Waals surface area (Å²) >= 11 is 0.619. The summed E-state index contributed by atoms with van der Waals surface area (Å²) in [5.41, 5.74) is 1.10. The summed E-state index contributed by atoms with van der Waals surface area (Å²) in [5, 5.41) is 2.75. The number of sulfone groups is 1. The molecule has 1 aromatic rings. The lowest BCUT2D eigenvalue weighted by atomic mass is 10.6. The molecular weight excluding hydrogens is 311 g/mol. The number of anilines is 2. The van der Waals surface area contributed by atoms with Crippen LogP contribution in [0.15, 0.2) is 4.90 Å². The van der Waals surface area contributed by atoms with Gasteiger partial charge in [0.2, 0.25) is 0 Å². The summed E-state index contributed by atoms with van der Waals surface area (Å²) in [4.78, 5) is -0.162. The third kappa shape index (κ3) is 4.53. The highest BCUT2D eigenvalue weighted by molar-refractivity contribution is 8.00. The number of alkyl halides is 3. The van der Waals surface area contributed by atoms with Gasteiger partial charge in [-0.1, -0.05) is 0 Å². The predicted molar refractivity (Wildman–Crippen MR) is 66.6 cm³/mol. The largest absolute Gasteiger partial charge is 0.441 e. The first-order chi connectivity index (χ1) is 8.11. The molecule has 1 heterocycles. The number of nitrogen functional groups attached to an aromatic ring is 1. The molecule has 0 spiro atoms. The van der Waals surface area contributed by atoms with E-state index in [1.165, 1.54) is 0 Å². The molecule has 0 bridgehead atoms. The van der Waals surface area contributed by atoms with Crippen molar-refractivity contribution in [3.63, 3.8) is 0 Å². The molecule has 0 aromatic carbocycles. The number of aromatic nitrogens is 1. The fourth-order valence-corrected chi connectivity index (χ4v) is 3.63. The van der Waals surface area contributed by atoms with Crippen LogP contribution in [0.1, 0.15) is 0 Å². The van der Waals surface area contributed by atoms with E-state index in [1.807, 2.05) is 0 Å². The van der Waals surface area contributed by atoms with Crippen molar-refractivity contribution >= 4 is 44.0 Å². The Hall–Kier alpha value is -0.680. The molecule has 0 saturated heterocycles. The van der Waals surface area contributed by atoms with Crippen LogP contribution in [0.4, 0.5) is 24.0 Å². The van der Waals surface area contributed by atoms with Crippen molar-refractivity contribution in [3.8, 4) is 0 Å². The minimum absolute atomic E-state index is 0.0334. The number of hydrogen-bond acceptors (Lipinski definition) is 7. The number of nitrogens with two attached hydrogens (primary N) is 1. The van der Waals surface area contributed by atoms with E-state index in [0.717, 1.165) is 17.8 Å². The van der Waals surface area contributed by atoms with Crippen LogP contribution in [0.5, 0.6) is 0 Å². The third-order valence-electron chi connectivity index (χ3n) is 1.70. The van der Waals surface area contributed by atoms with Gasteiger partial charge in [-0.2, -0.15) is 17.5 Å². The molecule has 3 N–H and O–H groups in total. The number of nitrogens with zero attached hydrogens (tertiary/aromatic N) is 1. The second kappa shape index (κ2) is 5.53. The van der Waals surface area contributed by atoms with Crippen LogP contribution in [-0.4, -0.2) is 36.9 Å². The van der Waals surface area contributed by atoms with Gasteiger partial charge in [0, 0.05) is 18.6 Å². The molecule has 0 aliphatic heterocycles. The lowest BCUT2D eigenvalue weighted by molar-refractivity contribution is -0.0327. The molecule has 0 atom stereocenters. The van der Waals surface area contributed by atoms with E-state index in [-0.39, 0.29) is 39.8 Å². The molecule has 0 aliphatic carbocycles. The van der Waals surface area contributed by atoms with Crippen molar-refractivity contribution in [1.29, 1.82) is 0 Å². The minimum Gasteiger partial charge on any atom is -0.382 e. The quantitative estimate of drug-likeness (QED) is 0.804. The van der Waals surface area contributed by atoms with Crippen LogP contribution < -0.4 is 11.1 Å². The van der Waals surface area contributed by atoms with Gasteiger partial charge in [-0.3, -0.25) is 0 Å². The van der Waals surface area contributed by atoms with Crippen molar-refractivity contribution in [2.45, 2.75) is 10.4 Å². The first-order valence-electron chi connectivity index (χ1n) is 4.51. The molecule has 11 heteroatoms. The van der Waals surface area contributed by atoms with Crippen molar-refractivity contribution in [3.05, 3.63) is 0 Å². The summed E-state index contributed by atoms with van der Waals surface area (Å²) in [5.74, 6) is -0.377. The molecule has 1 aromatic heterocycles. The molecule has 1 rings (SSSR count). The monoisotopic (exact) mass is 321 g/mol. The van der Waals surface area contributed by atoms with Crippen molar-refractivity contribution in [1.82, 2.24) is 4.37 Å². The van der Waals surface area contributed by atoms with Gasteiger partial charge >= 0.3 is 5.51 Å². The van der Waals surface area contributed by atoms with Gasteiger partial charge in [0.1, 0.15) is 9.90 Å². The van der Waals surface area contributed by atoms with E-state index in [9.17, 15) is 21.6 Å². The highest BCUT2D eigenvalue weighted by atomic mass is 32.2. The fraction of sp³-hybridized carbons (Fsp3) is 0.571. The van der Waals surface area contributed by atoms with Crippen molar-refractivity contribution < 1.29 is 21.6 Å². The Balaban J connectivity index is 2.65. The van der Waals surface area contributed by atoms with Gasteiger partial charge in [0.05, 0.1) is 0 Å². The fourth-order valence-electron chi connectivity index (χ4n) is 1.10. The number of thioether (sulfide) groups is 1. The average molecular weight is 321 g/mol. The highest BCUT2D eigenvalue weighted by Gasteiger charge is 2.27. The number of nitrogens with one attached hydrogen (secondary N) is 1. The van der Waals surface area contributed by atoms with E-state index in [1.54, 1.807) is 0 Å². The maximum absolute atomic E-state index is 11.9. The summed E-state index contributed by atoms with van der Waals surface area (Å²) in [7, 11) is -3.55. The zero-order chi connectivity index (χ0) is 14.0. The lowest BCUT2D eigenvalue weighted by Gasteiger charge is -2.07. The van der Waals surface area contributed by atoms with Crippen LogP contribution in [0.3, 0.4) is 0 Å². The van der Waals surface area contributed by atoms with Gasteiger partial charge in [-0.25, -0.2) is 8.42 Å². The highest BCUT2D eigenvalue weighted by Crippen LogP contribution is 2.32. The summed E-state index contributed by atoms with van der Waals surface area (Å²) in [6.07, 6.45) is 0.961. The van der Waals surface area contributed by atoms with Gasteiger partial charge in [0.15, 0.2) is 15.7 Å². The molecule has 18 heavy (non-hydrogen) atoms. The number of hydrogen-bond donors (Lipinski definition) is 2. The van der Waals surface area contributed by atoms with Gasteiger partial charge < -0.3 is 11.1 Å². The first-order valence-corrected chi connectivity index (χ1v) is 8.16. The van der Waals surface area contributed by atoms with Crippen LogP contribution in [0.2, 0.25) is 0 Å².